The van der Waals surface area contributed by atoms with Crippen molar-refractivity contribution in [3.05, 3.63) is 82.3 Å². The molecule has 0 unspecified atom stereocenters. The third-order valence-corrected chi connectivity index (χ3v) is 5.01. The predicted molar refractivity (Wildman–Crippen MR) is 119 cm³/mol. The first-order valence-electron chi connectivity index (χ1n) is 9.49. The Morgan fingerprint density at radius 1 is 1.06 bits per heavy atom. The van der Waals surface area contributed by atoms with Crippen LogP contribution in [-0.2, 0) is 22.6 Å². The number of carbonyl (C=O) groups is 2. The zero-order valence-electron chi connectivity index (χ0n) is 16.9. The summed E-state index contributed by atoms with van der Waals surface area (Å²) in [7, 11) is 1.55. The van der Waals surface area contributed by atoms with Crippen LogP contribution in [0.15, 0.2) is 70.6 Å². The fraction of sp³-hybridized carbons (Fsp3) is 0.182. The first-order chi connectivity index (χ1) is 15.0. The van der Waals surface area contributed by atoms with Gasteiger partial charge in [0, 0.05) is 24.4 Å². The molecule has 0 radical (unpaired) electrons. The van der Waals surface area contributed by atoms with Crippen molar-refractivity contribution in [1.82, 2.24) is 15.3 Å². The van der Waals surface area contributed by atoms with Gasteiger partial charge in [-0.1, -0.05) is 48.2 Å². The number of carbonyl (C=O) groups excluding carboxylic acids is 2. The maximum Gasteiger partial charge on any atom is 0.251 e. The Hall–Kier alpha value is -3.59. The summed E-state index contributed by atoms with van der Waals surface area (Å²) in [5.74, 6) is 0.180. The lowest BCUT2D eigenvalue weighted by Gasteiger charge is -2.08. The molecule has 0 aliphatic carbocycles. The Morgan fingerprint density at radius 3 is 2.65 bits per heavy atom. The normalized spacial score (nSPS) is 10.4. The molecule has 2 amide bonds. The third kappa shape index (κ3) is 7.31. The topological polar surface area (TPSA) is 113 Å². The molecule has 160 valence electrons. The Morgan fingerprint density at radius 2 is 1.87 bits per heavy atom. The van der Waals surface area contributed by atoms with E-state index < -0.39 is 0 Å². The van der Waals surface area contributed by atoms with Gasteiger partial charge < -0.3 is 20.4 Å². The summed E-state index contributed by atoms with van der Waals surface area (Å²) in [5.41, 5.74) is 1.55. The second kappa shape index (κ2) is 11.0. The summed E-state index contributed by atoms with van der Waals surface area (Å²) in [6.45, 7) is 0.398. The first-order valence-corrected chi connectivity index (χ1v) is 10.5. The second-order valence-electron chi connectivity index (χ2n) is 6.55. The summed E-state index contributed by atoms with van der Waals surface area (Å²) in [5, 5.41) is 5.83. The van der Waals surface area contributed by atoms with Gasteiger partial charge in [0.2, 0.25) is 11.8 Å². The summed E-state index contributed by atoms with van der Waals surface area (Å²) < 4.78 is 5.13. The molecule has 0 bridgehead atoms. The molecule has 31 heavy (non-hydrogen) atoms. The van der Waals surface area contributed by atoms with Crippen LogP contribution in [0, 0.1) is 0 Å². The number of methoxy groups -OCH3 is 1. The molecule has 3 aromatic rings. The van der Waals surface area contributed by atoms with Crippen molar-refractivity contribution < 1.29 is 14.3 Å². The molecule has 2 aromatic carbocycles. The molecule has 0 aliphatic heterocycles. The number of aromatic nitrogens is 2. The number of nitrogens with one attached hydrogen (secondary N) is 3. The average Bonchev–Trinajstić information content (AvgIpc) is 2.77. The van der Waals surface area contributed by atoms with E-state index in [-0.39, 0.29) is 34.7 Å². The number of thioether (sulfide) groups is 1. The minimum Gasteiger partial charge on any atom is -0.497 e. The molecule has 0 aliphatic rings. The van der Waals surface area contributed by atoms with E-state index in [1.54, 1.807) is 31.4 Å². The molecule has 8 nitrogen and oxygen atoms in total. The van der Waals surface area contributed by atoms with Gasteiger partial charge in [0.25, 0.3) is 5.56 Å². The molecule has 1 aromatic heterocycles. The van der Waals surface area contributed by atoms with Crippen molar-refractivity contribution in [3.63, 3.8) is 0 Å². The van der Waals surface area contributed by atoms with E-state index in [0.29, 0.717) is 23.7 Å². The molecule has 9 heteroatoms. The number of amides is 2. The van der Waals surface area contributed by atoms with Crippen molar-refractivity contribution >= 4 is 29.3 Å². The van der Waals surface area contributed by atoms with Gasteiger partial charge in [0.05, 0.1) is 25.0 Å². The molecule has 3 N–H and O–H groups in total. The van der Waals surface area contributed by atoms with Crippen molar-refractivity contribution in [2.45, 2.75) is 18.1 Å². The Balaban J connectivity index is 1.53. The lowest BCUT2D eigenvalue weighted by Crippen LogP contribution is -2.26. The predicted octanol–water partition coefficient (Wildman–Crippen LogP) is 2.37. The highest BCUT2D eigenvalue weighted by Gasteiger charge is 2.10. The summed E-state index contributed by atoms with van der Waals surface area (Å²) >= 11 is 1.08. The maximum atomic E-state index is 12.2. The number of ether oxygens (including phenoxy) is 1. The molecular formula is C22H22N4O4S. The smallest absolute Gasteiger partial charge is 0.251 e. The van der Waals surface area contributed by atoms with Crippen molar-refractivity contribution in [1.29, 1.82) is 0 Å². The summed E-state index contributed by atoms with van der Waals surface area (Å²) in [6, 6.07) is 17.8. The molecule has 0 spiro atoms. The monoisotopic (exact) mass is 438 g/mol. The molecule has 0 saturated heterocycles. The van der Waals surface area contributed by atoms with E-state index in [1.807, 2.05) is 30.3 Å². The van der Waals surface area contributed by atoms with Crippen molar-refractivity contribution in [2.24, 2.45) is 0 Å². The number of benzene rings is 2. The van der Waals surface area contributed by atoms with Gasteiger partial charge in [-0.05, 0) is 17.7 Å². The van der Waals surface area contributed by atoms with Gasteiger partial charge in [-0.3, -0.25) is 14.4 Å². The van der Waals surface area contributed by atoms with Crippen molar-refractivity contribution in [3.8, 4) is 5.75 Å². The van der Waals surface area contributed by atoms with Crippen LogP contribution in [-0.4, -0.2) is 34.6 Å². The average molecular weight is 439 g/mol. The molecule has 0 saturated carbocycles. The second-order valence-corrected chi connectivity index (χ2v) is 7.51. The quantitative estimate of drug-likeness (QED) is 0.349. The van der Waals surface area contributed by atoms with Crippen LogP contribution in [0.4, 0.5) is 5.69 Å². The van der Waals surface area contributed by atoms with Crippen LogP contribution in [0.25, 0.3) is 0 Å². The number of nitrogens with zero attached hydrogens (tertiary/aromatic N) is 1. The van der Waals surface area contributed by atoms with Gasteiger partial charge in [-0.15, -0.1) is 0 Å². The van der Waals surface area contributed by atoms with E-state index in [1.165, 1.54) is 6.07 Å². The van der Waals surface area contributed by atoms with Crippen LogP contribution in [0.2, 0.25) is 0 Å². The minimum atomic E-state index is -0.378. The van der Waals surface area contributed by atoms with Gasteiger partial charge in [0.15, 0.2) is 5.16 Å². The zero-order valence-corrected chi connectivity index (χ0v) is 17.7. The van der Waals surface area contributed by atoms with E-state index >= 15 is 0 Å². The zero-order chi connectivity index (χ0) is 22.1. The van der Waals surface area contributed by atoms with Crippen LogP contribution in [0.3, 0.4) is 0 Å². The first kappa shape index (κ1) is 22.1. The Kier molecular flexibility index (Phi) is 7.83. The van der Waals surface area contributed by atoms with Gasteiger partial charge in [-0.25, -0.2) is 4.98 Å². The lowest BCUT2D eigenvalue weighted by atomic mass is 10.2. The SMILES string of the molecule is COc1cccc(NC(=O)CSc2nc(CC(=O)NCc3ccccc3)cc(=O)[nH]2)c1. The Bertz CT molecular complexity index is 1100. The van der Waals surface area contributed by atoms with E-state index in [0.717, 1.165) is 17.3 Å². The highest BCUT2D eigenvalue weighted by molar-refractivity contribution is 7.99. The maximum absolute atomic E-state index is 12.2. The van der Waals surface area contributed by atoms with Gasteiger partial charge >= 0.3 is 0 Å². The largest absolute Gasteiger partial charge is 0.497 e. The van der Waals surface area contributed by atoms with Crippen LogP contribution in [0.5, 0.6) is 5.75 Å². The number of rotatable bonds is 9. The number of H-pyrrole nitrogens is 1. The van der Waals surface area contributed by atoms with Crippen molar-refractivity contribution in [2.75, 3.05) is 18.2 Å². The molecule has 0 atom stereocenters. The fourth-order valence-electron chi connectivity index (χ4n) is 2.70. The molecular weight excluding hydrogens is 416 g/mol. The molecule has 3 rings (SSSR count). The highest BCUT2D eigenvalue weighted by atomic mass is 32.2. The van der Waals surface area contributed by atoms with Gasteiger partial charge in [-0.2, -0.15) is 0 Å². The summed E-state index contributed by atoms with van der Waals surface area (Å²) in [4.78, 5) is 43.2. The minimum absolute atomic E-state index is 0.0275. The number of aromatic amines is 1. The van der Waals surface area contributed by atoms with E-state index in [9.17, 15) is 14.4 Å². The van der Waals surface area contributed by atoms with E-state index in [2.05, 4.69) is 20.6 Å². The van der Waals surface area contributed by atoms with Crippen LogP contribution in [0.1, 0.15) is 11.3 Å². The fourth-order valence-corrected chi connectivity index (χ4v) is 3.39. The summed E-state index contributed by atoms with van der Waals surface area (Å²) in [6.07, 6.45) is -0.0275. The van der Waals surface area contributed by atoms with E-state index in [4.69, 9.17) is 4.74 Å². The third-order valence-electron chi connectivity index (χ3n) is 4.14. The van der Waals surface area contributed by atoms with Crippen LogP contribution >= 0.6 is 11.8 Å². The molecule has 0 fully saturated rings. The van der Waals surface area contributed by atoms with Crippen LogP contribution < -0.4 is 20.9 Å². The number of anilines is 1. The number of hydrogen-bond acceptors (Lipinski definition) is 6. The van der Waals surface area contributed by atoms with Gasteiger partial charge in [0.1, 0.15) is 5.75 Å². The Labute approximate surface area is 183 Å². The molecule has 1 heterocycles. The lowest BCUT2D eigenvalue weighted by molar-refractivity contribution is -0.120. The standard InChI is InChI=1S/C22H22N4O4S/c1-30-18-9-5-8-16(10-18)24-21(29)14-31-22-25-17(12-20(28)26-22)11-19(27)23-13-15-6-3-2-4-7-15/h2-10,12H,11,13-14H2,1H3,(H,23,27)(H,24,29)(H,25,26,28). The highest BCUT2D eigenvalue weighted by Crippen LogP contribution is 2.18. The number of hydrogen-bond donors (Lipinski definition) is 3.